The van der Waals surface area contributed by atoms with Crippen molar-refractivity contribution < 1.29 is 23.9 Å². The van der Waals surface area contributed by atoms with E-state index in [0.717, 1.165) is 42.7 Å². The minimum atomic E-state index is -0.455. The van der Waals surface area contributed by atoms with Crippen molar-refractivity contribution >= 4 is 41.8 Å². The van der Waals surface area contributed by atoms with Gasteiger partial charge in [-0.3, -0.25) is 24.1 Å². The van der Waals surface area contributed by atoms with Gasteiger partial charge in [-0.15, -0.1) is 0 Å². The summed E-state index contributed by atoms with van der Waals surface area (Å²) in [5.74, 6) is 0.915. The highest BCUT2D eigenvalue weighted by atomic mass is 16.5. The first-order valence-corrected chi connectivity index (χ1v) is 14.4. The number of nitrogens with zero attached hydrogens (tertiary/aromatic N) is 5. The van der Waals surface area contributed by atoms with E-state index in [-0.39, 0.29) is 24.1 Å². The number of aromatic nitrogens is 2. The Morgan fingerprint density at radius 3 is 2.60 bits per heavy atom. The number of aldehydes is 1. The zero-order valence-corrected chi connectivity index (χ0v) is 25.6. The maximum atomic E-state index is 12.5. The lowest BCUT2D eigenvalue weighted by Gasteiger charge is -2.26. The van der Waals surface area contributed by atoms with Gasteiger partial charge in [-0.2, -0.15) is 5.26 Å². The van der Waals surface area contributed by atoms with Gasteiger partial charge in [0.2, 0.25) is 18.2 Å². The van der Waals surface area contributed by atoms with Gasteiger partial charge in [0, 0.05) is 65.1 Å². The third-order valence-electron chi connectivity index (χ3n) is 6.86. The second kappa shape index (κ2) is 18.1. The van der Waals surface area contributed by atoms with Crippen molar-refractivity contribution in [2.45, 2.75) is 59.0 Å². The second-order valence-electron chi connectivity index (χ2n) is 9.52. The van der Waals surface area contributed by atoms with E-state index in [1.807, 2.05) is 19.9 Å². The van der Waals surface area contributed by atoms with E-state index in [9.17, 15) is 19.2 Å². The van der Waals surface area contributed by atoms with Crippen molar-refractivity contribution in [1.29, 1.82) is 5.26 Å². The number of aryl methyl sites for hydroxylation is 1. The van der Waals surface area contributed by atoms with Gasteiger partial charge in [0.05, 0.1) is 17.9 Å². The molecule has 4 heterocycles. The van der Waals surface area contributed by atoms with E-state index in [1.165, 1.54) is 11.8 Å². The second-order valence-corrected chi connectivity index (χ2v) is 9.52. The Kier molecular flexibility index (Phi) is 14.6. The first-order chi connectivity index (χ1) is 20.9. The molecule has 4 rings (SSSR count). The van der Waals surface area contributed by atoms with Gasteiger partial charge in [0.25, 0.3) is 0 Å². The van der Waals surface area contributed by atoms with Gasteiger partial charge in [-0.25, -0.2) is 9.97 Å². The van der Waals surface area contributed by atoms with Gasteiger partial charge in [-0.05, 0) is 37.3 Å². The smallest absolute Gasteiger partial charge is 0.243 e. The highest BCUT2D eigenvalue weighted by Crippen LogP contribution is 2.26. The predicted molar refractivity (Wildman–Crippen MR) is 164 cm³/mol. The molecular formula is C30H42N8O5. The Hall–Kier alpha value is -4.57. The van der Waals surface area contributed by atoms with Crippen molar-refractivity contribution in [2.24, 2.45) is 0 Å². The summed E-state index contributed by atoms with van der Waals surface area (Å²) in [5, 5.41) is 17.7. The molecule has 1 atom stereocenters. The quantitative estimate of drug-likeness (QED) is 0.274. The fourth-order valence-corrected chi connectivity index (χ4v) is 4.76. The first-order valence-electron chi connectivity index (χ1n) is 14.4. The molecule has 0 aromatic carbocycles. The summed E-state index contributed by atoms with van der Waals surface area (Å²) in [6, 6.07) is 5.26. The zero-order valence-electron chi connectivity index (χ0n) is 25.6. The molecule has 1 fully saturated rings. The largest absolute Gasteiger partial charge is 0.383 e. The van der Waals surface area contributed by atoms with Gasteiger partial charge in [0.1, 0.15) is 29.4 Å². The summed E-state index contributed by atoms with van der Waals surface area (Å²) in [5.41, 5.74) is 3.03. The van der Waals surface area contributed by atoms with Crippen LogP contribution < -0.4 is 20.9 Å². The van der Waals surface area contributed by atoms with Crippen LogP contribution in [0, 0.1) is 11.3 Å². The van der Waals surface area contributed by atoms with E-state index in [0.29, 0.717) is 55.9 Å². The number of ether oxygens (including phenoxy) is 1. The summed E-state index contributed by atoms with van der Waals surface area (Å²) < 4.78 is 4.92. The van der Waals surface area contributed by atoms with Crippen LogP contribution in [0.5, 0.6) is 0 Å². The fourth-order valence-electron chi connectivity index (χ4n) is 4.76. The molecule has 13 heteroatoms. The van der Waals surface area contributed by atoms with E-state index in [2.05, 4.69) is 32.0 Å². The number of anilines is 3. The molecule has 0 aliphatic carbocycles. The Labute approximate surface area is 253 Å². The lowest BCUT2D eigenvalue weighted by atomic mass is 10.0. The molecule has 43 heavy (non-hydrogen) atoms. The van der Waals surface area contributed by atoms with Crippen molar-refractivity contribution in [3.63, 3.8) is 0 Å². The maximum absolute atomic E-state index is 12.5. The molecule has 3 N–H and O–H groups in total. The SMILES string of the molecule is CC.CC(=O)N1CCCC1C(=O)NCc1cc2c(nc1C=O)N(C=O)CCC2.CNc1cc(NCCOC)c(C#N)cn1. The average molecular weight is 595 g/mol. The standard InChI is InChI=1S/C18H22N4O4.C10H14N4O.C2H6/c1-12(25)22-7-3-5-16(22)18(26)19-9-14-8-13-4-2-6-21(11-24)17(13)20-15(14)10-23;1-12-10-5-9(13-3-4-15-2)8(6-11)7-14-10;1-2/h8,10-11,16H,2-7,9H2,1H3,(H,19,26);5,7H,3-4H2,1-2H3,(H2,12,13,14);1-2H3. The third kappa shape index (κ3) is 9.47. The molecule has 0 bridgehead atoms. The number of pyridine rings is 2. The van der Waals surface area contributed by atoms with E-state index >= 15 is 0 Å². The van der Waals surface area contributed by atoms with Crippen LogP contribution in [-0.4, -0.2) is 85.8 Å². The Morgan fingerprint density at radius 2 is 1.98 bits per heavy atom. The van der Waals surface area contributed by atoms with Crippen molar-refractivity contribution in [3.8, 4) is 6.07 Å². The fraction of sp³-hybridized carbons (Fsp3) is 0.500. The summed E-state index contributed by atoms with van der Waals surface area (Å²) in [6.07, 6.45) is 5.94. The average Bonchev–Trinajstić information content (AvgIpc) is 3.55. The van der Waals surface area contributed by atoms with E-state index < -0.39 is 6.04 Å². The van der Waals surface area contributed by atoms with Gasteiger partial charge >= 0.3 is 0 Å². The van der Waals surface area contributed by atoms with Crippen molar-refractivity contribution in [1.82, 2.24) is 20.2 Å². The van der Waals surface area contributed by atoms with Crippen LogP contribution >= 0.6 is 0 Å². The highest BCUT2D eigenvalue weighted by Gasteiger charge is 2.32. The van der Waals surface area contributed by atoms with Crippen LogP contribution in [0.3, 0.4) is 0 Å². The normalized spacial score (nSPS) is 14.9. The molecule has 2 aromatic rings. The molecule has 13 nitrogen and oxygen atoms in total. The molecule has 1 saturated heterocycles. The number of methoxy groups -OCH3 is 1. The Balaban J connectivity index is 0.000000324. The summed E-state index contributed by atoms with van der Waals surface area (Å²) in [4.78, 5) is 58.1. The van der Waals surface area contributed by atoms with E-state index in [4.69, 9.17) is 10.00 Å². The molecule has 2 aromatic heterocycles. The molecule has 2 aliphatic heterocycles. The minimum Gasteiger partial charge on any atom is -0.383 e. The zero-order chi connectivity index (χ0) is 31.8. The van der Waals surface area contributed by atoms with Gasteiger partial charge < -0.3 is 25.6 Å². The number of hydrogen-bond acceptors (Lipinski definition) is 10. The van der Waals surface area contributed by atoms with Crippen LogP contribution in [0.1, 0.15) is 67.2 Å². The number of likely N-dealkylation sites (tertiary alicyclic amines) is 1. The third-order valence-corrected chi connectivity index (χ3v) is 6.86. The molecular weight excluding hydrogens is 552 g/mol. The number of carbonyl (C=O) groups excluding carboxylic acids is 4. The van der Waals surface area contributed by atoms with Crippen LogP contribution in [0.15, 0.2) is 18.3 Å². The monoisotopic (exact) mass is 594 g/mol. The lowest BCUT2D eigenvalue weighted by Crippen LogP contribution is -2.45. The van der Waals surface area contributed by atoms with Crippen LogP contribution in [0.25, 0.3) is 0 Å². The molecule has 0 radical (unpaired) electrons. The lowest BCUT2D eigenvalue weighted by molar-refractivity contribution is -0.136. The maximum Gasteiger partial charge on any atom is 0.243 e. The number of amides is 3. The summed E-state index contributed by atoms with van der Waals surface area (Å²) >= 11 is 0. The molecule has 0 spiro atoms. The number of nitriles is 1. The Bertz CT molecular complexity index is 1300. The Morgan fingerprint density at radius 1 is 1.21 bits per heavy atom. The van der Waals surface area contributed by atoms with Crippen LogP contribution in [-0.2, 0) is 32.1 Å². The molecule has 2 aliphatic rings. The number of fused-ring (bicyclic) bond motifs is 1. The number of rotatable bonds is 10. The van der Waals surface area contributed by atoms with Crippen molar-refractivity contribution in [2.75, 3.05) is 55.9 Å². The molecule has 0 saturated carbocycles. The minimum absolute atomic E-state index is 0.111. The van der Waals surface area contributed by atoms with Crippen LogP contribution in [0.4, 0.5) is 17.3 Å². The molecule has 232 valence electrons. The molecule has 3 amide bonds. The summed E-state index contributed by atoms with van der Waals surface area (Å²) in [7, 11) is 3.42. The summed E-state index contributed by atoms with van der Waals surface area (Å²) in [6.45, 7) is 8.06. The number of carbonyl (C=O) groups is 4. The predicted octanol–water partition coefficient (Wildman–Crippen LogP) is 2.51. The first kappa shape index (κ1) is 34.6. The van der Waals surface area contributed by atoms with Crippen LogP contribution in [0.2, 0.25) is 0 Å². The van der Waals surface area contributed by atoms with Gasteiger partial charge in [-0.1, -0.05) is 13.8 Å². The highest BCUT2D eigenvalue weighted by molar-refractivity contribution is 5.88. The molecule has 1 unspecified atom stereocenters. The topological polar surface area (TPSA) is 170 Å². The van der Waals surface area contributed by atoms with Crippen molar-refractivity contribution in [3.05, 3.63) is 40.7 Å². The number of hydrogen-bond donors (Lipinski definition) is 3. The van der Waals surface area contributed by atoms with E-state index in [1.54, 1.807) is 31.3 Å². The number of nitrogens with one attached hydrogen (secondary N) is 3. The van der Waals surface area contributed by atoms with Gasteiger partial charge in [0.15, 0.2) is 6.29 Å².